The summed E-state index contributed by atoms with van der Waals surface area (Å²) >= 11 is 0. The number of halogens is 2. The molecule has 0 aliphatic heterocycles. The lowest BCUT2D eigenvalue weighted by atomic mass is 10.1. The predicted molar refractivity (Wildman–Crippen MR) is 150 cm³/mol. The second kappa shape index (κ2) is 12.7. The first-order valence-electron chi connectivity index (χ1n) is 12.5. The van der Waals surface area contributed by atoms with Crippen molar-refractivity contribution in [1.29, 1.82) is 0 Å². The standard InChI is InChI=1S/C30H26F2N4O5/c1-18(21-10-12-25(31)26(32)15-21)34-19(2)23-9-6-14-33-29(23)35-27(20-7-4-3-5-8-20)17-41-22-11-13-28(36(39)40)24(16-22)30(37)38/h3-16,18,27,34H,2,17H2,1H3,(H,33,35)(H,37,38)/t18-,27-/m0/s1. The van der Waals surface area contributed by atoms with Gasteiger partial charge in [0.2, 0.25) is 0 Å². The van der Waals surface area contributed by atoms with E-state index in [0.717, 1.165) is 29.8 Å². The van der Waals surface area contributed by atoms with Crippen molar-refractivity contribution in [3.05, 3.63) is 136 Å². The number of hydrogen-bond acceptors (Lipinski definition) is 7. The topological polar surface area (TPSA) is 127 Å². The highest BCUT2D eigenvalue weighted by Gasteiger charge is 2.22. The Morgan fingerprint density at radius 2 is 1.78 bits per heavy atom. The third-order valence-electron chi connectivity index (χ3n) is 6.29. The van der Waals surface area contributed by atoms with Crippen LogP contribution in [0.2, 0.25) is 0 Å². The maximum atomic E-state index is 13.8. The number of carbonyl (C=O) groups is 1. The van der Waals surface area contributed by atoms with E-state index in [0.29, 0.717) is 22.6 Å². The molecule has 0 saturated heterocycles. The molecule has 11 heteroatoms. The van der Waals surface area contributed by atoms with Gasteiger partial charge in [0.15, 0.2) is 11.6 Å². The van der Waals surface area contributed by atoms with Gasteiger partial charge in [0, 0.05) is 35.6 Å². The van der Waals surface area contributed by atoms with E-state index in [1.54, 1.807) is 25.3 Å². The number of anilines is 1. The van der Waals surface area contributed by atoms with Gasteiger partial charge in [-0.3, -0.25) is 10.1 Å². The van der Waals surface area contributed by atoms with Gasteiger partial charge in [-0.05, 0) is 48.4 Å². The molecule has 3 N–H and O–H groups in total. The third-order valence-corrected chi connectivity index (χ3v) is 6.29. The number of nitro groups is 1. The molecule has 1 heterocycles. The average molecular weight is 561 g/mol. The number of ether oxygens (including phenoxy) is 1. The van der Waals surface area contributed by atoms with Crippen LogP contribution in [0.3, 0.4) is 0 Å². The quantitative estimate of drug-likeness (QED) is 0.132. The second-order valence-corrected chi connectivity index (χ2v) is 9.08. The molecule has 41 heavy (non-hydrogen) atoms. The fraction of sp³-hybridized carbons (Fsp3) is 0.133. The van der Waals surface area contributed by atoms with Crippen LogP contribution in [-0.2, 0) is 0 Å². The van der Waals surface area contributed by atoms with Crippen LogP contribution in [0.5, 0.6) is 5.75 Å². The molecule has 0 saturated carbocycles. The number of benzene rings is 3. The van der Waals surface area contributed by atoms with Crippen molar-refractivity contribution < 1.29 is 28.3 Å². The van der Waals surface area contributed by atoms with E-state index >= 15 is 0 Å². The van der Waals surface area contributed by atoms with Crippen LogP contribution in [0.15, 0.2) is 91.6 Å². The zero-order valence-corrected chi connectivity index (χ0v) is 21.9. The van der Waals surface area contributed by atoms with Gasteiger partial charge in [0.1, 0.15) is 23.7 Å². The lowest BCUT2D eigenvalue weighted by molar-refractivity contribution is -0.385. The van der Waals surface area contributed by atoms with Crippen LogP contribution >= 0.6 is 0 Å². The monoisotopic (exact) mass is 560 g/mol. The Balaban J connectivity index is 1.56. The average Bonchev–Trinajstić information content (AvgIpc) is 2.97. The Bertz CT molecular complexity index is 1580. The number of aromatic carboxylic acids is 1. The summed E-state index contributed by atoms with van der Waals surface area (Å²) < 4.78 is 33.0. The smallest absolute Gasteiger partial charge is 0.342 e. The number of nitrogens with one attached hydrogen (secondary N) is 2. The molecule has 4 rings (SSSR count). The summed E-state index contributed by atoms with van der Waals surface area (Å²) in [6.45, 7) is 5.92. The Labute approximate surface area is 234 Å². The van der Waals surface area contributed by atoms with Gasteiger partial charge in [0.05, 0.1) is 11.0 Å². The summed E-state index contributed by atoms with van der Waals surface area (Å²) in [5.41, 5.74) is 1.44. The van der Waals surface area contributed by atoms with Crippen molar-refractivity contribution in [3.63, 3.8) is 0 Å². The molecule has 0 aliphatic rings. The van der Waals surface area contributed by atoms with Crippen LogP contribution in [0.4, 0.5) is 20.3 Å². The molecule has 9 nitrogen and oxygen atoms in total. The number of hydrogen-bond donors (Lipinski definition) is 3. The SMILES string of the molecule is C=C(N[C@@H](C)c1ccc(F)c(F)c1)c1cccnc1N[C@@H](COc1ccc([N+](=O)[O-])c(C(=O)O)c1)c1ccccc1. The van der Waals surface area contributed by atoms with Crippen LogP contribution in [-0.4, -0.2) is 27.6 Å². The first-order chi connectivity index (χ1) is 19.6. The molecule has 0 amide bonds. The normalized spacial score (nSPS) is 12.2. The van der Waals surface area contributed by atoms with Gasteiger partial charge in [0.25, 0.3) is 5.69 Å². The Hall–Kier alpha value is -5.32. The zero-order chi connectivity index (χ0) is 29.5. The highest BCUT2D eigenvalue weighted by molar-refractivity contribution is 5.92. The Morgan fingerprint density at radius 1 is 1.02 bits per heavy atom. The maximum Gasteiger partial charge on any atom is 0.342 e. The molecule has 1 aromatic heterocycles. The molecule has 0 radical (unpaired) electrons. The van der Waals surface area contributed by atoms with E-state index in [1.807, 2.05) is 30.3 Å². The fourth-order valence-corrected chi connectivity index (χ4v) is 4.15. The molecule has 0 bridgehead atoms. The van der Waals surface area contributed by atoms with E-state index < -0.39 is 45.9 Å². The van der Waals surface area contributed by atoms with Crippen LogP contribution in [0.25, 0.3) is 5.70 Å². The van der Waals surface area contributed by atoms with Gasteiger partial charge >= 0.3 is 5.97 Å². The van der Waals surface area contributed by atoms with Gasteiger partial charge < -0.3 is 20.5 Å². The largest absolute Gasteiger partial charge is 0.491 e. The molecule has 3 aromatic carbocycles. The summed E-state index contributed by atoms with van der Waals surface area (Å²) in [5.74, 6) is -2.72. The molecular formula is C30H26F2N4O5. The van der Waals surface area contributed by atoms with Crippen LogP contribution < -0.4 is 15.4 Å². The van der Waals surface area contributed by atoms with Crippen molar-refractivity contribution in [2.24, 2.45) is 0 Å². The van der Waals surface area contributed by atoms with E-state index in [4.69, 9.17) is 4.74 Å². The maximum absolute atomic E-state index is 13.8. The van der Waals surface area contributed by atoms with Crippen molar-refractivity contribution in [2.45, 2.75) is 19.0 Å². The van der Waals surface area contributed by atoms with Crippen LogP contribution in [0, 0.1) is 21.7 Å². The van der Waals surface area contributed by atoms with Crippen molar-refractivity contribution in [3.8, 4) is 5.75 Å². The summed E-state index contributed by atoms with van der Waals surface area (Å²) in [7, 11) is 0. The van der Waals surface area contributed by atoms with Gasteiger partial charge in [-0.25, -0.2) is 18.6 Å². The van der Waals surface area contributed by atoms with Crippen LogP contribution in [0.1, 0.15) is 46.1 Å². The molecule has 210 valence electrons. The van der Waals surface area contributed by atoms with Crippen molar-refractivity contribution >= 4 is 23.2 Å². The first-order valence-corrected chi connectivity index (χ1v) is 12.5. The van der Waals surface area contributed by atoms with Gasteiger partial charge in [-0.2, -0.15) is 0 Å². The molecule has 4 aromatic rings. The molecule has 0 unspecified atom stereocenters. The van der Waals surface area contributed by atoms with Crippen molar-refractivity contribution in [2.75, 3.05) is 11.9 Å². The molecule has 2 atom stereocenters. The molecule has 0 aliphatic carbocycles. The molecule has 0 fully saturated rings. The summed E-state index contributed by atoms with van der Waals surface area (Å²) in [6.07, 6.45) is 1.59. The molecule has 0 spiro atoms. The second-order valence-electron chi connectivity index (χ2n) is 9.08. The summed E-state index contributed by atoms with van der Waals surface area (Å²) in [4.78, 5) is 26.4. The fourth-order valence-electron chi connectivity index (χ4n) is 4.15. The lowest BCUT2D eigenvalue weighted by Crippen LogP contribution is -2.22. The zero-order valence-electron chi connectivity index (χ0n) is 21.9. The Kier molecular flexibility index (Phi) is 8.88. The number of rotatable bonds is 12. The minimum Gasteiger partial charge on any atom is -0.491 e. The summed E-state index contributed by atoms with van der Waals surface area (Å²) in [6, 6.07) is 19.2. The third kappa shape index (κ3) is 7.01. The Morgan fingerprint density at radius 3 is 2.46 bits per heavy atom. The van der Waals surface area contributed by atoms with E-state index in [9.17, 15) is 28.8 Å². The predicted octanol–water partition coefficient (Wildman–Crippen LogP) is 6.52. The number of carboxylic acid groups (broad SMARTS) is 1. The van der Waals surface area contributed by atoms with E-state index in [2.05, 4.69) is 22.2 Å². The van der Waals surface area contributed by atoms with Crippen molar-refractivity contribution in [1.82, 2.24) is 10.3 Å². The highest BCUT2D eigenvalue weighted by Crippen LogP contribution is 2.29. The lowest BCUT2D eigenvalue weighted by Gasteiger charge is -2.24. The van der Waals surface area contributed by atoms with E-state index in [-0.39, 0.29) is 12.4 Å². The first kappa shape index (κ1) is 28.7. The van der Waals surface area contributed by atoms with Gasteiger partial charge in [-0.1, -0.05) is 43.0 Å². The summed E-state index contributed by atoms with van der Waals surface area (Å²) in [5, 5.41) is 27.1. The number of pyridine rings is 1. The van der Waals surface area contributed by atoms with E-state index in [1.165, 1.54) is 12.1 Å². The minimum atomic E-state index is -1.44. The molecular weight excluding hydrogens is 534 g/mol. The van der Waals surface area contributed by atoms with Gasteiger partial charge in [-0.15, -0.1) is 0 Å². The minimum absolute atomic E-state index is 0.0159. The number of nitro benzene ring substituents is 1. The highest BCUT2D eigenvalue weighted by atomic mass is 19.2. The number of carboxylic acids is 1. The number of aromatic nitrogens is 1. The number of nitrogens with zero attached hydrogens (tertiary/aromatic N) is 2.